The lowest BCUT2D eigenvalue weighted by Crippen LogP contribution is -2.19. The number of aromatic nitrogens is 1. The highest BCUT2D eigenvalue weighted by atomic mass is 32.1. The molecule has 3 aromatic rings. The Bertz CT molecular complexity index is 926. The molecule has 0 unspecified atom stereocenters. The van der Waals surface area contributed by atoms with Crippen LogP contribution in [-0.2, 0) is 11.2 Å². The van der Waals surface area contributed by atoms with Crippen LogP contribution in [0.4, 0.5) is 21.3 Å². The summed E-state index contributed by atoms with van der Waals surface area (Å²) < 4.78 is 5.09. The molecule has 28 heavy (non-hydrogen) atoms. The summed E-state index contributed by atoms with van der Waals surface area (Å²) in [6.45, 7) is 0. The van der Waals surface area contributed by atoms with Gasteiger partial charge in [0, 0.05) is 23.2 Å². The van der Waals surface area contributed by atoms with Crippen LogP contribution >= 0.6 is 11.3 Å². The number of para-hydroxylation sites is 1. The van der Waals surface area contributed by atoms with Crippen LogP contribution in [-0.4, -0.2) is 24.0 Å². The summed E-state index contributed by atoms with van der Waals surface area (Å²) in [5, 5.41) is 10.6. The van der Waals surface area contributed by atoms with E-state index >= 15 is 0 Å². The van der Waals surface area contributed by atoms with Gasteiger partial charge in [0.1, 0.15) is 5.75 Å². The lowest BCUT2D eigenvalue weighted by atomic mass is 10.2. The molecular weight excluding hydrogens is 376 g/mol. The summed E-state index contributed by atoms with van der Waals surface area (Å²) >= 11 is 1.32. The van der Waals surface area contributed by atoms with Crippen molar-refractivity contribution in [3.63, 3.8) is 0 Å². The number of methoxy groups -OCH3 is 1. The van der Waals surface area contributed by atoms with Gasteiger partial charge in [0.15, 0.2) is 5.13 Å². The molecule has 0 aliphatic heterocycles. The fraction of sp³-hybridized carbons (Fsp3) is 0.150. The molecule has 3 amide bonds. The van der Waals surface area contributed by atoms with E-state index in [1.807, 2.05) is 23.6 Å². The number of rotatable bonds is 7. The minimum Gasteiger partial charge on any atom is -0.497 e. The maximum atomic E-state index is 12.1. The van der Waals surface area contributed by atoms with Gasteiger partial charge in [-0.25, -0.2) is 9.78 Å². The number of ether oxygens (including phenoxy) is 1. The number of nitrogens with one attached hydrogen (secondary N) is 3. The number of nitrogens with zero attached hydrogens (tertiary/aromatic N) is 1. The number of hydrogen-bond acceptors (Lipinski definition) is 5. The standard InChI is InChI=1S/C20H20N4O3S/c1-27-17-10-7-15(8-11-17)21-18(25)12-9-16-13-28-20(23-16)24-19(26)22-14-5-3-2-4-6-14/h2-8,10-11,13H,9,12H2,1H3,(H,21,25)(H2,22,23,24,26). The first-order valence-electron chi connectivity index (χ1n) is 8.64. The van der Waals surface area contributed by atoms with E-state index in [2.05, 4.69) is 20.9 Å². The molecule has 144 valence electrons. The molecule has 0 saturated heterocycles. The van der Waals surface area contributed by atoms with E-state index in [1.165, 1.54) is 11.3 Å². The number of anilines is 3. The highest BCUT2D eigenvalue weighted by Gasteiger charge is 2.09. The third kappa shape index (κ3) is 5.82. The van der Waals surface area contributed by atoms with E-state index in [-0.39, 0.29) is 11.9 Å². The van der Waals surface area contributed by atoms with Gasteiger partial charge in [0.25, 0.3) is 0 Å². The average molecular weight is 396 g/mol. The predicted molar refractivity (Wildman–Crippen MR) is 111 cm³/mol. The SMILES string of the molecule is COc1ccc(NC(=O)CCc2csc(NC(=O)Nc3ccccc3)n2)cc1. The van der Waals surface area contributed by atoms with E-state index < -0.39 is 0 Å². The molecule has 1 aromatic heterocycles. The minimum absolute atomic E-state index is 0.102. The van der Waals surface area contributed by atoms with E-state index in [0.29, 0.717) is 29.3 Å². The second-order valence-corrected chi connectivity index (χ2v) is 6.72. The first kappa shape index (κ1) is 19.4. The van der Waals surface area contributed by atoms with Crippen LogP contribution in [0, 0.1) is 0 Å². The molecule has 0 bridgehead atoms. The second-order valence-electron chi connectivity index (χ2n) is 5.87. The molecule has 0 radical (unpaired) electrons. The molecule has 0 aliphatic rings. The number of carbonyl (C=O) groups excluding carboxylic acids is 2. The van der Waals surface area contributed by atoms with Crippen LogP contribution < -0.4 is 20.7 Å². The number of aryl methyl sites for hydroxylation is 1. The maximum absolute atomic E-state index is 12.1. The van der Waals surface area contributed by atoms with Gasteiger partial charge in [0.2, 0.25) is 5.91 Å². The lowest BCUT2D eigenvalue weighted by molar-refractivity contribution is -0.116. The molecule has 0 saturated carbocycles. The second kappa shape index (κ2) is 9.52. The number of amides is 3. The van der Waals surface area contributed by atoms with E-state index in [4.69, 9.17) is 4.74 Å². The summed E-state index contributed by atoms with van der Waals surface area (Å²) in [6.07, 6.45) is 0.784. The molecule has 3 N–H and O–H groups in total. The minimum atomic E-state index is -0.357. The molecule has 8 heteroatoms. The Hall–Kier alpha value is -3.39. The Morgan fingerprint density at radius 2 is 1.68 bits per heavy atom. The van der Waals surface area contributed by atoms with Crippen LogP contribution in [0.5, 0.6) is 5.75 Å². The Morgan fingerprint density at radius 3 is 2.39 bits per heavy atom. The van der Waals surface area contributed by atoms with Crippen LogP contribution in [0.1, 0.15) is 12.1 Å². The molecule has 0 fully saturated rings. The van der Waals surface area contributed by atoms with Crippen molar-refractivity contribution in [2.45, 2.75) is 12.8 Å². The average Bonchev–Trinajstić information content (AvgIpc) is 3.15. The number of benzene rings is 2. The Labute approximate surface area is 166 Å². The summed E-state index contributed by atoms with van der Waals surface area (Å²) in [5.41, 5.74) is 2.17. The lowest BCUT2D eigenvalue weighted by Gasteiger charge is -2.06. The van der Waals surface area contributed by atoms with Crippen LogP contribution in [0.25, 0.3) is 0 Å². The molecule has 3 rings (SSSR count). The number of urea groups is 1. The van der Waals surface area contributed by atoms with E-state index in [1.54, 1.807) is 43.5 Å². The largest absolute Gasteiger partial charge is 0.497 e. The molecule has 7 nitrogen and oxygen atoms in total. The summed E-state index contributed by atoms with van der Waals surface area (Å²) in [5.74, 6) is 0.631. The van der Waals surface area contributed by atoms with E-state index in [9.17, 15) is 9.59 Å². The van der Waals surface area contributed by atoms with Crippen molar-refractivity contribution >= 4 is 39.8 Å². The first-order valence-corrected chi connectivity index (χ1v) is 9.52. The van der Waals surface area contributed by atoms with Crippen molar-refractivity contribution in [1.29, 1.82) is 0 Å². The third-order valence-corrected chi connectivity index (χ3v) is 4.59. The first-order chi connectivity index (χ1) is 13.6. The maximum Gasteiger partial charge on any atom is 0.325 e. The normalized spacial score (nSPS) is 10.2. The summed E-state index contributed by atoms with van der Waals surface area (Å²) in [7, 11) is 1.59. The topological polar surface area (TPSA) is 92.4 Å². The van der Waals surface area contributed by atoms with Crippen molar-refractivity contribution in [3.05, 3.63) is 65.7 Å². The quantitative estimate of drug-likeness (QED) is 0.553. The summed E-state index contributed by atoms with van der Waals surface area (Å²) in [6, 6.07) is 15.9. The Morgan fingerprint density at radius 1 is 0.964 bits per heavy atom. The Kier molecular flexibility index (Phi) is 6.59. The number of carbonyl (C=O) groups is 2. The molecule has 2 aromatic carbocycles. The zero-order valence-electron chi connectivity index (χ0n) is 15.3. The molecule has 1 heterocycles. The third-order valence-electron chi connectivity index (χ3n) is 3.79. The van der Waals surface area contributed by atoms with Crippen molar-refractivity contribution in [3.8, 4) is 5.75 Å². The van der Waals surface area contributed by atoms with Crippen molar-refractivity contribution in [2.75, 3.05) is 23.1 Å². The van der Waals surface area contributed by atoms with Crippen LogP contribution in [0.3, 0.4) is 0 Å². The number of hydrogen-bond donors (Lipinski definition) is 3. The van der Waals surface area contributed by atoms with Crippen LogP contribution in [0.15, 0.2) is 60.0 Å². The van der Waals surface area contributed by atoms with Crippen molar-refractivity contribution in [1.82, 2.24) is 4.98 Å². The fourth-order valence-electron chi connectivity index (χ4n) is 2.40. The Balaban J connectivity index is 1.44. The molecular formula is C20H20N4O3S. The van der Waals surface area contributed by atoms with Crippen molar-refractivity contribution < 1.29 is 14.3 Å². The molecule has 0 aliphatic carbocycles. The smallest absolute Gasteiger partial charge is 0.325 e. The zero-order chi connectivity index (χ0) is 19.8. The van der Waals surface area contributed by atoms with Gasteiger partial charge < -0.3 is 15.4 Å². The van der Waals surface area contributed by atoms with Gasteiger partial charge in [-0.3, -0.25) is 10.1 Å². The van der Waals surface area contributed by atoms with Gasteiger partial charge >= 0.3 is 6.03 Å². The van der Waals surface area contributed by atoms with Crippen molar-refractivity contribution in [2.24, 2.45) is 0 Å². The highest BCUT2D eigenvalue weighted by Crippen LogP contribution is 2.18. The summed E-state index contributed by atoms with van der Waals surface area (Å²) in [4.78, 5) is 28.4. The number of thiazole rings is 1. The highest BCUT2D eigenvalue weighted by molar-refractivity contribution is 7.13. The van der Waals surface area contributed by atoms with E-state index in [0.717, 1.165) is 11.4 Å². The van der Waals surface area contributed by atoms with Gasteiger partial charge in [-0.1, -0.05) is 18.2 Å². The van der Waals surface area contributed by atoms with Crippen LogP contribution in [0.2, 0.25) is 0 Å². The monoisotopic (exact) mass is 396 g/mol. The van der Waals surface area contributed by atoms with Gasteiger partial charge in [-0.15, -0.1) is 11.3 Å². The fourth-order valence-corrected chi connectivity index (χ4v) is 3.14. The van der Waals surface area contributed by atoms with Gasteiger partial charge in [-0.2, -0.15) is 0 Å². The zero-order valence-corrected chi connectivity index (χ0v) is 16.1. The molecule has 0 spiro atoms. The van der Waals surface area contributed by atoms with Gasteiger partial charge in [-0.05, 0) is 42.8 Å². The molecule has 0 atom stereocenters. The van der Waals surface area contributed by atoms with Gasteiger partial charge in [0.05, 0.1) is 12.8 Å². The predicted octanol–water partition coefficient (Wildman–Crippen LogP) is 4.37.